The van der Waals surface area contributed by atoms with Crippen LogP contribution in [0.25, 0.3) is 10.9 Å². The minimum atomic E-state index is -0.0857. The van der Waals surface area contributed by atoms with E-state index in [1.807, 2.05) is 55.1 Å². The van der Waals surface area contributed by atoms with Crippen LogP contribution in [0.4, 0.5) is 5.69 Å². The van der Waals surface area contributed by atoms with E-state index >= 15 is 0 Å². The van der Waals surface area contributed by atoms with Crippen LogP contribution in [0.2, 0.25) is 0 Å². The van der Waals surface area contributed by atoms with E-state index in [9.17, 15) is 4.79 Å². The lowest BCUT2D eigenvalue weighted by Gasteiger charge is -2.28. The zero-order valence-electron chi connectivity index (χ0n) is 19.4. The van der Waals surface area contributed by atoms with Gasteiger partial charge in [0.05, 0.1) is 24.8 Å². The van der Waals surface area contributed by atoms with Crippen molar-refractivity contribution in [1.82, 2.24) is 9.88 Å². The van der Waals surface area contributed by atoms with Crippen LogP contribution in [0, 0.1) is 13.8 Å². The molecule has 3 aromatic rings. The van der Waals surface area contributed by atoms with Crippen molar-refractivity contribution in [1.29, 1.82) is 0 Å². The Morgan fingerprint density at radius 1 is 1.21 bits per heavy atom. The maximum absolute atomic E-state index is 13.0. The average molecular weight is 466 g/mol. The van der Waals surface area contributed by atoms with Crippen LogP contribution in [0.15, 0.2) is 47.3 Å². The molecular weight excluding hydrogens is 434 g/mol. The quantitative estimate of drug-likeness (QED) is 0.483. The topological polar surface area (TPSA) is 66.6 Å². The number of nitrogens with one attached hydrogen (secondary N) is 2. The van der Waals surface area contributed by atoms with Crippen LogP contribution in [0.1, 0.15) is 36.5 Å². The minimum Gasteiger partial charge on any atom is -0.494 e. The molecule has 7 heteroatoms. The third-order valence-corrected chi connectivity index (χ3v) is 6.39. The summed E-state index contributed by atoms with van der Waals surface area (Å²) in [5.41, 5.74) is 4.56. The molecule has 6 nitrogen and oxygen atoms in total. The summed E-state index contributed by atoms with van der Waals surface area (Å²) in [6, 6.07) is 13.8. The monoisotopic (exact) mass is 465 g/mol. The Hall–Kier alpha value is -2.90. The fraction of sp³-hybridized carbons (Fsp3) is 0.385. The lowest BCUT2D eigenvalue weighted by molar-refractivity contribution is 0.0904. The van der Waals surface area contributed by atoms with Crippen LogP contribution in [-0.2, 0) is 11.3 Å². The number of aromatic amines is 1. The molecule has 174 valence electrons. The fourth-order valence-corrected chi connectivity index (χ4v) is 4.46. The van der Waals surface area contributed by atoms with Crippen LogP contribution >= 0.6 is 12.2 Å². The SMILES string of the molecule is CCOc1ccc(NC(=S)N(Cc2cc3c(C)ccc(C)c3[nH]c2=O)C[C@H]2CCCO2)cc1. The second kappa shape index (κ2) is 10.4. The normalized spacial score (nSPS) is 15.5. The lowest BCUT2D eigenvalue weighted by atomic mass is 10.0. The number of pyridine rings is 1. The van der Waals surface area contributed by atoms with Crippen molar-refractivity contribution >= 4 is 33.9 Å². The van der Waals surface area contributed by atoms with E-state index in [4.69, 9.17) is 21.7 Å². The standard InChI is InChI=1S/C26H31N3O3S/c1-4-31-21-11-9-20(10-12-21)27-26(33)29(16-22-6-5-13-32-22)15-19-14-23-17(2)7-8-18(3)24(23)28-25(19)30/h7-12,14,22H,4-6,13,15-16H2,1-3H3,(H,27,33)(H,28,30)/t22-/m1/s1. The van der Waals surface area contributed by atoms with Crippen molar-refractivity contribution in [2.24, 2.45) is 0 Å². The molecule has 2 aromatic carbocycles. The maximum atomic E-state index is 13.0. The first-order valence-corrected chi connectivity index (χ1v) is 11.9. The zero-order valence-corrected chi connectivity index (χ0v) is 20.3. The predicted molar refractivity (Wildman–Crippen MR) is 137 cm³/mol. The molecule has 33 heavy (non-hydrogen) atoms. The average Bonchev–Trinajstić information content (AvgIpc) is 3.31. The highest BCUT2D eigenvalue weighted by molar-refractivity contribution is 7.80. The number of hydrogen-bond acceptors (Lipinski definition) is 4. The molecule has 0 bridgehead atoms. The minimum absolute atomic E-state index is 0.0857. The number of aromatic nitrogens is 1. The molecule has 1 aromatic heterocycles. The van der Waals surface area contributed by atoms with E-state index in [0.717, 1.165) is 52.9 Å². The highest BCUT2D eigenvalue weighted by Crippen LogP contribution is 2.22. The Morgan fingerprint density at radius 3 is 2.67 bits per heavy atom. The molecule has 0 spiro atoms. The molecule has 1 atom stereocenters. The molecule has 4 rings (SSSR count). The van der Waals surface area contributed by atoms with Crippen molar-refractivity contribution in [2.75, 3.05) is 25.1 Å². The maximum Gasteiger partial charge on any atom is 0.253 e. The van der Waals surface area contributed by atoms with Gasteiger partial charge in [-0.15, -0.1) is 0 Å². The molecule has 2 heterocycles. The predicted octanol–water partition coefficient (Wildman–Crippen LogP) is 4.92. The molecule has 1 aliphatic rings. The van der Waals surface area contributed by atoms with Gasteiger partial charge in [0.25, 0.3) is 5.56 Å². The van der Waals surface area contributed by atoms with Gasteiger partial charge >= 0.3 is 0 Å². The van der Waals surface area contributed by atoms with E-state index in [1.54, 1.807) is 0 Å². The summed E-state index contributed by atoms with van der Waals surface area (Å²) in [4.78, 5) is 18.1. The highest BCUT2D eigenvalue weighted by atomic mass is 32.1. The third kappa shape index (κ3) is 5.54. The molecule has 1 fully saturated rings. The van der Waals surface area contributed by atoms with Gasteiger partial charge in [0.2, 0.25) is 0 Å². The smallest absolute Gasteiger partial charge is 0.253 e. The van der Waals surface area contributed by atoms with Gasteiger partial charge in [-0.05, 0) is 87.3 Å². The number of hydrogen-bond donors (Lipinski definition) is 2. The number of H-pyrrole nitrogens is 1. The summed E-state index contributed by atoms with van der Waals surface area (Å²) in [6.45, 7) is 8.46. The van der Waals surface area contributed by atoms with E-state index in [1.165, 1.54) is 0 Å². The number of thiocarbonyl (C=S) groups is 1. The number of benzene rings is 2. The van der Waals surface area contributed by atoms with Gasteiger partial charge < -0.3 is 24.7 Å². The Kier molecular flexibility index (Phi) is 7.30. The van der Waals surface area contributed by atoms with Crippen LogP contribution < -0.4 is 15.6 Å². The van der Waals surface area contributed by atoms with Gasteiger partial charge in [0.1, 0.15) is 5.75 Å². The number of anilines is 1. The van der Waals surface area contributed by atoms with Crippen LogP contribution in [-0.4, -0.2) is 40.9 Å². The lowest BCUT2D eigenvalue weighted by Crippen LogP contribution is -2.40. The van der Waals surface area contributed by atoms with Crippen molar-refractivity contribution in [2.45, 2.75) is 46.3 Å². The van der Waals surface area contributed by atoms with Gasteiger partial charge in [-0.1, -0.05) is 12.1 Å². The van der Waals surface area contributed by atoms with Gasteiger partial charge in [0.15, 0.2) is 5.11 Å². The van der Waals surface area contributed by atoms with Crippen molar-refractivity contribution < 1.29 is 9.47 Å². The number of ether oxygens (including phenoxy) is 2. The number of aryl methyl sites for hydroxylation is 2. The number of nitrogens with zero attached hydrogens (tertiary/aromatic N) is 1. The van der Waals surface area contributed by atoms with Crippen molar-refractivity contribution in [3.63, 3.8) is 0 Å². The van der Waals surface area contributed by atoms with E-state index in [2.05, 4.69) is 23.3 Å². The Bertz CT molecular complexity index is 1180. The molecule has 0 amide bonds. The summed E-state index contributed by atoms with van der Waals surface area (Å²) in [7, 11) is 0. The van der Waals surface area contributed by atoms with Gasteiger partial charge in [-0.25, -0.2) is 0 Å². The van der Waals surface area contributed by atoms with Gasteiger partial charge in [0, 0.05) is 29.8 Å². The first-order valence-electron chi connectivity index (χ1n) is 11.5. The first-order chi connectivity index (χ1) is 15.9. The zero-order chi connectivity index (χ0) is 23.4. The molecule has 1 aliphatic heterocycles. The molecule has 0 aliphatic carbocycles. The summed E-state index contributed by atoms with van der Waals surface area (Å²) < 4.78 is 11.4. The largest absolute Gasteiger partial charge is 0.494 e. The number of rotatable bonds is 7. The second-order valence-electron chi connectivity index (χ2n) is 8.51. The molecule has 2 N–H and O–H groups in total. The van der Waals surface area contributed by atoms with Crippen molar-refractivity contribution in [3.8, 4) is 5.75 Å². The fourth-order valence-electron chi connectivity index (χ4n) is 4.20. The Balaban J connectivity index is 1.59. The van der Waals surface area contributed by atoms with Crippen LogP contribution in [0.5, 0.6) is 5.75 Å². The molecular formula is C26H31N3O3S. The summed E-state index contributed by atoms with van der Waals surface area (Å²) in [6.07, 6.45) is 2.15. The second-order valence-corrected chi connectivity index (χ2v) is 8.90. The Labute approximate surface area is 199 Å². The molecule has 0 unspecified atom stereocenters. The van der Waals surface area contributed by atoms with Crippen LogP contribution in [0.3, 0.4) is 0 Å². The molecule has 0 saturated carbocycles. The highest BCUT2D eigenvalue weighted by Gasteiger charge is 2.22. The summed E-state index contributed by atoms with van der Waals surface area (Å²) >= 11 is 5.78. The molecule has 1 saturated heterocycles. The van der Waals surface area contributed by atoms with Crippen molar-refractivity contribution in [3.05, 3.63) is 69.5 Å². The number of fused-ring (bicyclic) bond motifs is 1. The van der Waals surface area contributed by atoms with Gasteiger partial charge in [-0.3, -0.25) is 4.79 Å². The third-order valence-electron chi connectivity index (χ3n) is 6.03. The van der Waals surface area contributed by atoms with E-state index in [-0.39, 0.29) is 11.7 Å². The first kappa shape index (κ1) is 23.3. The van der Waals surface area contributed by atoms with Gasteiger partial charge in [-0.2, -0.15) is 0 Å². The Morgan fingerprint density at radius 2 is 1.97 bits per heavy atom. The summed E-state index contributed by atoms with van der Waals surface area (Å²) in [5.74, 6) is 0.818. The molecule has 0 radical (unpaired) electrons. The summed E-state index contributed by atoms with van der Waals surface area (Å²) in [5, 5.41) is 4.94. The van der Waals surface area contributed by atoms with E-state index in [0.29, 0.717) is 30.4 Å². The van der Waals surface area contributed by atoms with E-state index < -0.39 is 0 Å².